The molecule has 1 amide bonds. The predicted molar refractivity (Wildman–Crippen MR) is 86.0 cm³/mol. The number of amides is 1. The van der Waals surface area contributed by atoms with Crippen LogP contribution in [0.1, 0.15) is 54.9 Å². The number of carbonyl (C=O) groups is 1. The number of hydrogen-bond donors (Lipinski definition) is 1. The summed E-state index contributed by atoms with van der Waals surface area (Å²) in [4.78, 5) is 14.4. The number of aliphatic hydroxyl groups excluding tert-OH is 1. The Morgan fingerprint density at radius 1 is 1.43 bits per heavy atom. The monoisotopic (exact) mass is 324 g/mol. The molecule has 6 nitrogen and oxygen atoms in total. The molecule has 0 aliphatic carbocycles. The standard InChI is InChI=1S/C17H28N2O4/c1-11(2)9-15(20)13-5-7-19(8-6-13)17(21)16-14(10-22-4)12(3)23-18-16/h11,13,15,20H,5-10H2,1-4H3/t15-/m1/s1. The first-order valence-electron chi connectivity index (χ1n) is 8.35. The van der Waals surface area contributed by atoms with Crippen LogP contribution in [0.5, 0.6) is 0 Å². The van der Waals surface area contributed by atoms with E-state index in [-0.39, 0.29) is 17.9 Å². The topological polar surface area (TPSA) is 75.8 Å². The maximum atomic E-state index is 12.6. The number of nitrogens with zero attached hydrogens (tertiary/aromatic N) is 2. The first kappa shape index (κ1) is 17.9. The summed E-state index contributed by atoms with van der Waals surface area (Å²) < 4.78 is 10.3. The van der Waals surface area contributed by atoms with Gasteiger partial charge in [0.05, 0.1) is 18.3 Å². The van der Waals surface area contributed by atoms with Gasteiger partial charge in [-0.15, -0.1) is 0 Å². The molecule has 130 valence electrons. The summed E-state index contributed by atoms with van der Waals surface area (Å²) in [7, 11) is 1.59. The van der Waals surface area contributed by atoms with Crippen LogP contribution >= 0.6 is 0 Å². The molecular formula is C17H28N2O4. The van der Waals surface area contributed by atoms with Gasteiger partial charge in [0.1, 0.15) is 5.76 Å². The number of aliphatic hydroxyl groups is 1. The minimum Gasteiger partial charge on any atom is -0.393 e. The molecule has 6 heteroatoms. The van der Waals surface area contributed by atoms with E-state index in [4.69, 9.17) is 9.26 Å². The normalized spacial score (nSPS) is 17.7. The first-order chi connectivity index (χ1) is 10.9. The second-order valence-corrected chi connectivity index (χ2v) is 6.83. The van der Waals surface area contributed by atoms with Gasteiger partial charge in [-0.05, 0) is 38.0 Å². The fourth-order valence-corrected chi connectivity index (χ4v) is 3.19. The van der Waals surface area contributed by atoms with Crippen molar-refractivity contribution in [2.24, 2.45) is 11.8 Å². The van der Waals surface area contributed by atoms with Gasteiger partial charge in [0, 0.05) is 20.2 Å². The zero-order valence-corrected chi connectivity index (χ0v) is 14.5. The van der Waals surface area contributed by atoms with E-state index in [0.29, 0.717) is 37.1 Å². The third kappa shape index (κ3) is 4.32. The Bertz CT molecular complexity index is 519. The van der Waals surface area contributed by atoms with E-state index in [9.17, 15) is 9.90 Å². The van der Waals surface area contributed by atoms with Crippen LogP contribution < -0.4 is 0 Å². The van der Waals surface area contributed by atoms with E-state index in [1.807, 2.05) is 0 Å². The van der Waals surface area contributed by atoms with Gasteiger partial charge in [-0.2, -0.15) is 0 Å². The van der Waals surface area contributed by atoms with Gasteiger partial charge in [-0.25, -0.2) is 0 Å². The van der Waals surface area contributed by atoms with Crippen molar-refractivity contribution < 1.29 is 19.2 Å². The van der Waals surface area contributed by atoms with Gasteiger partial charge in [-0.1, -0.05) is 19.0 Å². The third-order valence-corrected chi connectivity index (χ3v) is 4.56. The van der Waals surface area contributed by atoms with Crippen molar-refractivity contribution in [1.82, 2.24) is 10.1 Å². The van der Waals surface area contributed by atoms with Crippen molar-refractivity contribution in [3.63, 3.8) is 0 Å². The number of ether oxygens (including phenoxy) is 1. The maximum absolute atomic E-state index is 12.6. The van der Waals surface area contributed by atoms with Crippen molar-refractivity contribution in [2.45, 2.75) is 52.7 Å². The highest BCUT2D eigenvalue weighted by atomic mass is 16.5. The zero-order valence-electron chi connectivity index (χ0n) is 14.5. The molecule has 1 fully saturated rings. The molecule has 0 bridgehead atoms. The van der Waals surface area contributed by atoms with Gasteiger partial charge in [0.25, 0.3) is 5.91 Å². The lowest BCUT2D eigenvalue weighted by molar-refractivity contribution is 0.0378. The Morgan fingerprint density at radius 3 is 2.65 bits per heavy atom. The molecule has 2 rings (SSSR count). The lowest BCUT2D eigenvalue weighted by Gasteiger charge is -2.34. The molecular weight excluding hydrogens is 296 g/mol. The Morgan fingerprint density at radius 2 is 2.09 bits per heavy atom. The lowest BCUT2D eigenvalue weighted by Crippen LogP contribution is -2.41. The molecule has 2 heterocycles. The molecule has 0 saturated carbocycles. The number of aryl methyl sites for hydroxylation is 1. The average Bonchev–Trinajstić information content (AvgIpc) is 2.88. The molecule has 1 aromatic heterocycles. The largest absolute Gasteiger partial charge is 0.393 e. The smallest absolute Gasteiger partial charge is 0.276 e. The summed E-state index contributed by atoms with van der Waals surface area (Å²) >= 11 is 0. The van der Waals surface area contributed by atoms with Crippen molar-refractivity contribution in [2.75, 3.05) is 20.2 Å². The van der Waals surface area contributed by atoms with E-state index in [0.717, 1.165) is 24.8 Å². The average molecular weight is 324 g/mol. The number of carbonyl (C=O) groups excluding carboxylic acids is 1. The molecule has 1 saturated heterocycles. The van der Waals surface area contributed by atoms with Crippen LogP contribution in [0.4, 0.5) is 0 Å². The van der Waals surface area contributed by atoms with Crippen LogP contribution in [0, 0.1) is 18.8 Å². The minimum atomic E-state index is -0.273. The van der Waals surface area contributed by atoms with Crippen LogP contribution in [0.15, 0.2) is 4.52 Å². The van der Waals surface area contributed by atoms with E-state index >= 15 is 0 Å². The quantitative estimate of drug-likeness (QED) is 0.869. The molecule has 1 aliphatic heterocycles. The summed E-state index contributed by atoms with van der Waals surface area (Å²) in [5, 5.41) is 14.2. The number of aromatic nitrogens is 1. The Hall–Kier alpha value is -1.40. The van der Waals surface area contributed by atoms with Crippen LogP contribution in [-0.4, -0.2) is 47.4 Å². The third-order valence-electron chi connectivity index (χ3n) is 4.56. The maximum Gasteiger partial charge on any atom is 0.276 e. The number of rotatable bonds is 6. The first-order valence-corrected chi connectivity index (χ1v) is 8.35. The number of piperidine rings is 1. The van der Waals surface area contributed by atoms with Gasteiger partial charge in [0.2, 0.25) is 0 Å². The second kappa shape index (κ2) is 7.93. The molecule has 0 spiro atoms. The Labute approximate surface area is 137 Å². The Kier molecular flexibility index (Phi) is 6.18. The van der Waals surface area contributed by atoms with E-state index < -0.39 is 0 Å². The molecule has 0 radical (unpaired) electrons. The van der Waals surface area contributed by atoms with Crippen molar-refractivity contribution >= 4 is 5.91 Å². The van der Waals surface area contributed by atoms with Crippen molar-refractivity contribution in [1.29, 1.82) is 0 Å². The Balaban J connectivity index is 1.96. The summed E-state index contributed by atoms with van der Waals surface area (Å²) in [5.74, 6) is 1.28. The van der Waals surface area contributed by atoms with Crippen molar-refractivity contribution in [3.8, 4) is 0 Å². The van der Waals surface area contributed by atoms with Gasteiger partial charge in [0.15, 0.2) is 5.69 Å². The highest BCUT2D eigenvalue weighted by Gasteiger charge is 2.30. The molecule has 1 atom stereocenters. The number of methoxy groups -OCH3 is 1. The summed E-state index contributed by atoms with van der Waals surface area (Å²) in [5.41, 5.74) is 1.07. The van der Waals surface area contributed by atoms with E-state index in [2.05, 4.69) is 19.0 Å². The second-order valence-electron chi connectivity index (χ2n) is 6.83. The molecule has 1 aliphatic rings. The molecule has 0 unspecified atom stereocenters. The SMILES string of the molecule is COCc1c(C(=O)N2CCC([C@H](O)CC(C)C)CC2)noc1C. The fraction of sp³-hybridized carbons (Fsp3) is 0.765. The van der Waals surface area contributed by atoms with Crippen molar-refractivity contribution in [3.05, 3.63) is 17.0 Å². The van der Waals surface area contributed by atoms with E-state index in [1.165, 1.54) is 0 Å². The van der Waals surface area contributed by atoms with Crippen LogP contribution in [0.2, 0.25) is 0 Å². The molecule has 1 aromatic rings. The van der Waals surface area contributed by atoms with Crippen LogP contribution in [-0.2, 0) is 11.3 Å². The van der Waals surface area contributed by atoms with Crippen LogP contribution in [0.25, 0.3) is 0 Å². The molecule has 0 aromatic carbocycles. The minimum absolute atomic E-state index is 0.106. The zero-order chi connectivity index (χ0) is 17.0. The number of hydrogen-bond acceptors (Lipinski definition) is 5. The summed E-state index contributed by atoms with van der Waals surface area (Å²) in [6.07, 6.45) is 2.20. The molecule has 23 heavy (non-hydrogen) atoms. The van der Waals surface area contributed by atoms with Gasteiger partial charge >= 0.3 is 0 Å². The predicted octanol–water partition coefficient (Wildman–Crippen LogP) is 2.39. The van der Waals surface area contributed by atoms with Crippen LogP contribution in [0.3, 0.4) is 0 Å². The fourth-order valence-electron chi connectivity index (χ4n) is 3.19. The number of likely N-dealkylation sites (tertiary alicyclic amines) is 1. The molecule has 1 N–H and O–H groups in total. The van der Waals surface area contributed by atoms with E-state index in [1.54, 1.807) is 18.9 Å². The summed E-state index contributed by atoms with van der Waals surface area (Å²) in [6, 6.07) is 0. The highest BCUT2D eigenvalue weighted by molar-refractivity contribution is 5.93. The highest BCUT2D eigenvalue weighted by Crippen LogP contribution is 2.26. The lowest BCUT2D eigenvalue weighted by atomic mass is 9.87. The van der Waals surface area contributed by atoms with Gasteiger partial charge < -0.3 is 19.3 Å². The van der Waals surface area contributed by atoms with Gasteiger partial charge in [-0.3, -0.25) is 4.79 Å². The summed E-state index contributed by atoms with van der Waals surface area (Å²) in [6.45, 7) is 7.64.